The highest BCUT2D eigenvalue weighted by Gasteiger charge is 2.14. The lowest BCUT2D eigenvalue weighted by atomic mass is 10.1. The third kappa shape index (κ3) is 4.70. The number of carbonyl (C=O) groups excluding carboxylic acids is 1. The van der Waals surface area contributed by atoms with Crippen LogP contribution in [0.4, 0.5) is 0 Å². The fraction of sp³-hybridized carbons (Fsp3) is 0.333. The minimum absolute atomic E-state index is 0.193. The molecule has 1 aromatic carbocycles. The van der Waals surface area contributed by atoms with Gasteiger partial charge in [-0.05, 0) is 36.8 Å². The van der Waals surface area contributed by atoms with Gasteiger partial charge in [0.1, 0.15) is 12.3 Å². The van der Waals surface area contributed by atoms with Crippen molar-refractivity contribution in [3.8, 4) is 11.5 Å². The molecule has 1 amide bonds. The summed E-state index contributed by atoms with van der Waals surface area (Å²) in [6.45, 7) is 2.85. The minimum atomic E-state index is -0.220. The van der Waals surface area contributed by atoms with Crippen molar-refractivity contribution in [3.05, 3.63) is 53.9 Å². The Hall–Kier alpha value is -2.60. The zero-order valence-electron chi connectivity index (χ0n) is 14.1. The molecule has 0 saturated heterocycles. The summed E-state index contributed by atoms with van der Waals surface area (Å²) in [5, 5.41) is 2.92. The second-order valence-electron chi connectivity index (χ2n) is 5.16. The van der Waals surface area contributed by atoms with E-state index in [0.29, 0.717) is 30.4 Å². The number of rotatable bonds is 8. The molecule has 0 spiro atoms. The molecule has 2 rings (SSSR count). The van der Waals surface area contributed by atoms with Gasteiger partial charge in [0.25, 0.3) is 5.91 Å². The third-order valence-electron chi connectivity index (χ3n) is 3.48. The number of pyridine rings is 1. The Labute approximate surface area is 141 Å². The van der Waals surface area contributed by atoms with Crippen LogP contribution in [0.1, 0.15) is 29.0 Å². The largest absolute Gasteiger partial charge is 0.493 e. The predicted octanol–water partition coefficient (Wildman–Crippen LogP) is 2.61. The first kappa shape index (κ1) is 17.7. The van der Waals surface area contributed by atoms with Gasteiger partial charge in [0.05, 0.1) is 19.8 Å². The van der Waals surface area contributed by atoms with E-state index in [1.54, 1.807) is 38.6 Å². The van der Waals surface area contributed by atoms with Gasteiger partial charge in [-0.15, -0.1) is 0 Å². The number of aromatic nitrogens is 1. The normalized spacial score (nSPS) is 11.6. The number of carbonyl (C=O) groups is 1. The molecule has 0 bridgehead atoms. The maximum absolute atomic E-state index is 12.2. The molecule has 0 radical (unpaired) electrons. The standard InChI is InChI=1S/C18H22N2O4/c1-13(20-18(21)15-6-4-5-9-19-15)14-7-8-16(17(12-14)23-3)24-11-10-22-2/h4-9,12-13H,10-11H2,1-3H3,(H,20,21)/t13-/m1/s1. The summed E-state index contributed by atoms with van der Waals surface area (Å²) in [6, 6.07) is 10.6. The van der Waals surface area contributed by atoms with Gasteiger partial charge in [-0.3, -0.25) is 9.78 Å². The molecule has 0 aliphatic carbocycles. The van der Waals surface area contributed by atoms with Gasteiger partial charge in [0.15, 0.2) is 11.5 Å². The molecule has 0 aliphatic rings. The van der Waals surface area contributed by atoms with E-state index in [1.807, 2.05) is 25.1 Å². The molecule has 128 valence electrons. The maximum Gasteiger partial charge on any atom is 0.270 e. The number of methoxy groups -OCH3 is 2. The van der Waals surface area contributed by atoms with Gasteiger partial charge in [0.2, 0.25) is 0 Å². The summed E-state index contributed by atoms with van der Waals surface area (Å²) >= 11 is 0. The highest BCUT2D eigenvalue weighted by atomic mass is 16.5. The highest BCUT2D eigenvalue weighted by Crippen LogP contribution is 2.30. The first-order chi connectivity index (χ1) is 11.7. The number of nitrogens with zero attached hydrogens (tertiary/aromatic N) is 1. The van der Waals surface area contributed by atoms with Crippen LogP contribution < -0.4 is 14.8 Å². The van der Waals surface area contributed by atoms with E-state index in [9.17, 15) is 4.79 Å². The monoisotopic (exact) mass is 330 g/mol. The molecular formula is C18H22N2O4. The summed E-state index contributed by atoms with van der Waals surface area (Å²) in [5.41, 5.74) is 1.30. The minimum Gasteiger partial charge on any atom is -0.493 e. The van der Waals surface area contributed by atoms with Crippen LogP contribution in [0.3, 0.4) is 0 Å². The van der Waals surface area contributed by atoms with Crippen molar-refractivity contribution in [2.75, 3.05) is 27.4 Å². The summed E-state index contributed by atoms with van der Waals surface area (Å²) in [5.74, 6) is 1.03. The molecule has 0 unspecified atom stereocenters. The molecule has 6 heteroatoms. The maximum atomic E-state index is 12.2. The van der Waals surface area contributed by atoms with Crippen molar-refractivity contribution in [3.63, 3.8) is 0 Å². The Morgan fingerprint density at radius 3 is 2.67 bits per heavy atom. The molecule has 1 atom stereocenters. The van der Waals surface area contributed by atoms with Crippen molar-refractivity contribution < 1.29 is 19.0 Å². The number of hydrogen-bond donors (Lipinski definition) is 1. The zero-order valence-corrected chi connectivity index (χ0v) is 14.1. The van der Waals surface area contributed by atoms with E-state index < -0.39 is 0 Å². The van der Waals surface area contributed by atoms with Crippen LogP contribution in [0.5, 0.6) is 11.5 Å². The van der Waals surface area contributed by atoms with E-state index in [4.69, 9.17) is 14.2 Å². The Morgan fingerprint density at radius 1 is 1.17 bits per heavy atom. The molecule has 1 aromatic heterocycles. The van der Waals surface area contributed by atoms with E-state index in [0.717, 1.165) is 5.56 Å². The third-order valence-corrected chi connectivity index (χ3v) is 3.48. The van der Waals surface area contributed by atoms with Crippen LogP contribution in [0.2, 0.25) is 0 Å². The van der Waals surface area contributed by atoms with Crippen LogP contribution in [0.15, 0.2) is 42.6 Å². The van der Waals surface area contributed by atoms with Crippen molar-refractivity contribution in [1.82, 2.24) is 10.3 Å². The molecule has 0 fully saturated rings. The summed E-state index contributed by atoms with van der Waals surface area (Å²) < 4.78 is 15.9. The first-order valence-corrected chi connectivity index (χ1v) is 7.67. The summed E-state index contributed by atoms with van der Waals surface area (Å²) in [6.07, 6.45) is 1.59. The summed E-state index contributed by atoms with van der Waals surface area (Å²) in [4.78, 5) is 16.2. The number of benzene rings is 1. The number of nitrogens with one attached hydrogen (secondary N) is 1. The molecule has 2 aromatic rings. The van der Waals surface area contributed by atoms with Gasteiger partial charge in [-0.25, -0.2) is 0 Å². The fourth-order valence-corrected chi connectivity index (χ4v) is 2.16. The number of ether oxygens (including phenoxy) is 3. The average molecular weight is 330 g/mol. The Morgan fingerprint density at radius 2 is 2.00 bits per heavy atom. The molecule has 1 heterocycles. The fourth-order valence-electron chi connectivity index (χ4n) is 2.16. The lowest BCUT2D eigenvalue weighted by Gasteiger charge is -2.17. The first-order valence-electron chi connectivity index (χ1n) is 7.67. The second-order valence-corrected chi connectivity index (χ2v) is 5.16. The SMILES string of the molecule is COCCOc1ccc([C@@H](C)NC(=O)c2ccccn2)cc1OC. The summed E-state index contributed by atoms with van der Waals surface area (Å²) in [7, 11) is 3.20. The zero-order chi connectivity index (χ0) is 17.4. The lowest BCUT2D eigenvalue weighted by molar-refractivity contribution is 0.0934. The van der Waals surface area contributed by atoms with Gasteiger partial charge < -0.3 is 19.5 Å². The van der Waals surface area contributed by atoms with Gasteiger partial charge in [0, 0.05) is 13.3 Å². The topological polar surface area (TPSA) is 69.7 Å². The smallest absolute Gasteiger partial charge is 0.270 e. The van der Waals surface area contributed by atoms with Gasteiger partial charge in [-0.1, -0.05) is 12.1 Å². The van der Waals surface area contributed by atoms with E-state index in [1.165, 1.54) is 0 Å². The van der Waals surface area contributed by atoms with E-state index >= 15 is 0 Å². The van der Waals surface area contributed by atoms with Crippen molar-refractivity contribution >= 4 is 5.91 Å². The van der Waals surface area contributed by atoms with Crippen LogP contribution in [0.25, 0.3) is 0 Å². The molecule has 0 aliphatic heterocycles. The van der Waals surface area contributed by atoms with Crippen molar-refractivity contribution in [2.45, 2.75) is 13.0 Å². The number of amides is 1. The Balaban J connectivity index is 2.06. The quantitative estimate of drug-likeness (QED) is 0.754. The lowest BCUT2D eigenvalue weighted by Crippen LogP contribution is -2.27. The van der Waals surface area contributed by atoms with Gasteiger partial charge in [-0.2, -0.15) is 0 Å². The van der Waals surface area contributed by atoms with Crippen molar-refractivity contribution in [2.24, 2.45) is 0 Å². The number of hydrogen-bond acceptors (Lipinski definition) is 5. The molecular weight excluding hydrogens is 308 g/mol. The van der Waals surface area contributed by atoms with Crippen molar-refractivity contribution in [1.29, 1.82) is 0 Å². The molecule has 6 nitrogen and oxygen atoms in total. The molecule has 0 saturated carbocycles. The predicted molar refractivity (Wildman–Crippen MR) is 90.5 cm³/mol. The molecule has 24 heavy (non-hydrogen) atoms. The van der Waals surface area contributed by atoms with Gasteiger partial charge >= 0.3 is 0 Å². The van der Waals surface area contributed by atoms with E-state index in [-0.39, 0.29) is 11.9 Å². The highest BCUT2D eigenvalue weighted by molar-refractivity contribution is 5.92. The van der Waals surface area contributed by atoms with E-state index in [2.05, 4.69) is 10.3 Å². The van der Waals surface area contributed by atoms with Crippen LogP contribution in [0, 0.1) is 0 Å². The van der Waals surface area contributed by atoms with Crippen LogP contribution >= 0.6 is 0 Å². The molecule has 1 N–H and O–H groups in total. The second kappa shape index (κ2) is 8.88. The Kier molecular flexibility index (Phi) is 6.57. The van der Waals surface area contributed by atoms with Crippen LogP contribution in [-0.4, -0.2) is 38.3 Å². The average Bonchev–Trinajstić information content (AvgIpc) is 2.62. The van der Waals surface area contributed by atoms with Crippen LogP contribution in [-0.2, 0) is 4.74 Å². The Bertz CT molecular complexity index is 661.